The van der Waals surface area contributed by atoms with E-state index in [1.54, 1.807) is 29.2 Å². The van der Waals surface area contributed by atoms with Gasteiger partial charge < -0.3 is 9.51 Å². The molecule has 0 aliphatic carbocycles. The molecule has 3 nitrogen and oxygen atoms in total. The van der Waals surface area contributed by atoms with Crippen molar-refractivity contribution in [2.45, 2.75) is 0 Å². The molecule has 0 aliphatic rings. The first kappa shape index (κ1) is 5.29. The van der Waals surface area contributed by atoms with Crippen molar-refractivity contribution in [3.63, 3.8) is 0 Å². The van der Waals surface area contributed by atoms with Crippen molar-refractivity contribution in [3.8, 4) is 5.75 Å². The molecule has 0 amide bonds. The fraction of sp³-hybridized carbons (Fsp3) is 0. The number of aromatic nitrogens is 2. The lowest BCUT2D eigenvalue weighted by atomic mass is 10.4. The summed E-state index contributed by atoms with van der Waals surface area (Å²) >= 11 is 0. The van der Waals surface area contributed by atoms with Crippen molar-refractivity contribution in [2.75, 3.05) is 0 Å². The number of nitrogens with zero attached hydrogens (tertiary/aromatic N) is 2. The highest BCUT2D eigenvalue weighted by Gasteiger charge is 1.91. The second-order valence-corrected chi connectivity index (χ2v) is 2.11. The molecule has 0 aromatic carbocycles. The highest BCUT2D eigenvalue weighted by molar-refractivity contribution is 5.46. The SMILES string of the molecule is Oc1ccc2cncn2c1. The molecule has 3 heteroatoms. The van der Waals surface area contributed by atoms with Crippen LogP contribution in [0.3, 0.4) is 0 Å². The van der Waals surface area contributed by atoms with E-state index >= 15 is 0 Å². The van der Waals surface area contributed by atoms with Gasteiger partial charge in [0.25, 0.3) is 0 Å². The number of aromatic hydroxyl groups is 1. The molecule has 0 unspecified atom stereocenters. The molecule has 2 heterocycles. The number of fused-ring (bicyclic) bond motifs is 1. The third kappa shape index (κ3) is 0.639. The van der Waals surface area contributed by atoms with Crippen LogP contribution in [0.15, 0.2) is 30.9 Å². The molecule has 2 rings (SSSR count). The van der Waals surface area contributed by atoms with E-state index in [0.717, 1.165) is 5.52 Å². The molecule has 0 aliphatic heterocycles. The van der Waals surface area contributed by atoms with Crippen LogP contribution >= 0.6 is 0 Å². The molecule has 0 saturated heterocycles. The first-order valence-corrected chi connectivity index (χ1v) is 2.97. The van der Waals surface area contributed by atoms with Crippen LogP contribution in [0.25, 0.3) is 5.52 Å². The maximum Gasteiger partial charge on any atom is 0.132 e. The summed E-state index contributed by atoms with van der Waals surface area (Å²) in [6.45, 7) is 0. The lowest BCUT2D eigenvalue weighted by Gasteiger charge is -1.92. The van der Waals surface area contributed by atoms with Crippen molar-refractivity contribution in [2.24, 2.45) is 0 Å². The Bertz CT molecular complexity index is 353. The van der Waals surface area contributed by atoms with Crippen molar-refractivity contribution in [1.82, 2.24) is 9.38 Å². The molecule has 0 radical (unpaired) electrons. The van der Waals surface area contributed by atoms with Gasteiger partial charge in [0.1, 0.15) is 5.75 Å². The molecule has 10 heavy (non-hydrogen) atoms. The molecule has 50 valence electrons. The number of hydrogen-bond donors (Lipinski definition) is 1. The topological polar surface area (TPSA) is 37.5 Å². The minimum atomic E-state index is 0.255. The highest BCUT2D eigenvalue weighted by Crippen LogP contribution is 2.09. The smallest absolute Gasteiger partial charge is 0.132 e. The first-order chi connectivity index (χ1) is 4.86. The fourth-order valence-electron chi connectivity index (χ4n) is 0.908. The molecule has 0 atom stereocenters. The van der Waals surface area contributed by atoms with Crippen LogP contribution in [0.2, 0.25) is 0 Å². The third-order valence-corrected chi connectivity index (χ3v) is 1.39. The van der Waals surface area contributed by atoms with Gasteiger partial charge in [-0.3, -0.25) is 0 Å². The van der Waals surface area contributed by atoms with E-state index in [1.165, 1.54) is 0 Å². The van der Waals surface area contributed by atoms with E-state index in [2.05, 4.69) is 4.98 Å². The number of hydrogen-bond acceptors (Lipinski definition) is 2. The van der Waals surface area contributed by atoms with Crippen LogP contribution in [-0.4, -0.2) is 14.5 Å². The summed E-state index contributed by atoms with van der Waals surface area (Å²) in [6, 6.07) is 3.44. The van der Waals surface area contributed by atoms with Gasteiger partial charge in [0.05, 0.1) is 24.2 Å². The Kier molecular flexibility index (Phi) is 0.917. The molecular formula is C7H6N2O. The van der Waals surface area contributed by atoms with Gasteiger partial charge in [0.2, 0.25) is 0 Å². The summed E-state index contributed by atoms with van der Waals surface area (Å²) in [7, 11) is 0. The maximum atomic E-state index is 9.00. The quantitative estimate of drug-likeness (QED) is 0.584. The minimum absolute atomic E-state index is 0.255. The van der Waals surface area contributed by atoms with Crippen LogP contribution in [0.4, 0.5) is 0 Å². The number of pyridine rings is 1. The Hall–Kier alpha value is -1.51. The molecule has 2 aromatic rings. The van der Waals surface area contributed by atoms with Gasteiger partial charge in [0, 0.05) is 0 Å². The van der Waals surface area contributed by atoms with Gasteiger partial charge in [-0.25, -0.2) is 4.98 Å². The van der Waals surface area contributed by atoms with Gasteiger partial charge in [-0.2, -0.15) is 0 Å². The van der Waals surface area contributed by atoms with E-state index < -0.39 is 0 Å². The normalized spacial score (nSPS) is 10.4. The Morgan fingerprint density at radius 1 is 1.40 bits per heavy atom. The average molecular weight is 134 g/mol. The standard InChI is InChI=1S/C7H6N2O/c10-7-2-1-6-3-8-5-9(6)4-7/h1-5,10H. The Balaban J connectivity index is 2.86. The van der Waals surface area contributed by atoms with Crippen molar-refractivity contribution in [3.05, 3.63) is 30.9 Å². The predicted molar refractivity (Wildman–Crippen MR) is 36.9 cm³/mol. The second-order valence-electron chi connectivity index (χ2n) is 2.11. The molecule has 0 spiro atoms. The van der Waals surface area contributed by atoms with Crippen LogP contribution in [0.1, 0.15) is 0 Å². The third-order valence-electron chi connectivity index (χ3n) is 1.39. The maximum absolute atomic E-state index is 9.00. The molecule has 1 N–H and O–H groups in total. The average Bonchev–Trinajstić information content (AvgIpc) is 2.33. The molecule has 2 aromatic heterocycles. The summed E-state index contributed by atoms with van der Waals surface area (Å²) in [5.41, 5.74) is 0.984. The van der Waals surface area contributed by atoms with Gasteiger partial charge in [-0.15, -0.1) is 0 Å². The van der Waals surface area contributed by atoms with Gasteiger partial charge >= 0.3 is 0 Å². The largest absolute Gasteiger partial charge is 0.506 e. The summed E-state index contributed by atoms with van der Waals surface area (Å²) < 4.78 is 1.76. The van der Waals surface area contributed by atoms with E-state index in [4.69, 9.17) is 5.11 Å². The van der Waals surface area contributed by atoms with Crippen molar-refractivity contribution >= 4 is 5.52 Å². The Labute approximate surface area is 57.6 Å². The molecule has 0 saturated carbocycles. The highest BCUT2D eigenvalue weighted by atomic mass is 16.3. The molecular weight excluding hydrogens is 128 g/mol. The lowest BCUT2D eigenvalue weighted by Crippen LogP contribution is -1.78. The van der Waals surface area contributed by atoms with Crippen molar-refractivity contribution in [1.29, 1.82) is 0 Å². The Morgan fingerprint density at radius 3 is 3.20 bits per heavy atom. The van der Waals surface area contributed by atoms with Crippen LogP contribution in [0, 0.1) is 0 Å². The second kappa shape index (κ2) is 1.73. The predicted octanol–water partition coefficient (Wildman–Crippen LogP) is 1.04. The lowest BCUT2D eigenvalue weighted by molar-refractivity contribution is 0.472. The Morgan fingerprint density at radius 2 is 2.30 bits per heavy atom. The van der Waals surface area contributed by atoms with Gasteiger partial charge in [-0.05, 0) is 12.1 Å². The summed E-state index contributed by atoms with van der Waals surface area (Å²) in [6.07, 6.45) is 5.00. The minimum Gasteiger partial charge on any atom is -0.506 e. The van der Waals surface area contributed by atoms with Crippen LogP contribution in [-0.2, 0) is 0 Å². The number of imidazole rings is 1. The summed E-state index contributed by atoms with van der Waals surface area (Å²) in [4.78, 5) is 3.89. The van der Waals surface area contributed by atoms with Crippen molar-refractivity contribution < 1.29 is 5.11 Å². The zero-order valence-electron chi connectivity index (χ0n) is 5.23. The zero-order valence-corrected chi connectivity index (χ0v) is 5.23. The van der Waals surface area contributed by atoms with Gasteiger partial charge in [-0.1, -0.05) is 0 Å². The van der Waals surface area contributed by atoms with E-state index in [-0.39, 0.29) is 5.75 Å². The summed E-state index contributed by atoms with van der Waals surface area (Å²) in [5, 5.41) is 9.00. The van der Waals surface area contributed by atoms with E-state index in [0.29, 0.717) is 0 Å². The van der Waals surface area contributed by atoms with Gasteiger partial charge in [0.15, 0.2) is 0 Å². The summed E-state index contributed by atoms with van der Waals surface area (Å²) in [5.74, 6) is 0.255. The zero-order chi connectivity index (χ0) is 6.97. The molecule has 0 fully saturated rings. The fourth-order valence-corrected chi connectivity index (χ4v) is 0.908. The monoisotopic (exact) mass is 134 g/mol. The van der Waals surface area contributed by atoms with Crippen LogP contribution in [0.5, 0.6) is 5.75 Å². The van der Waals surface area contributed by atoms with E-state index in [9.17, 15) is 0 Å². The molecule has 0 bridgehead atoms. The van der Waals surface area contributed by atoms with E-state index in [1.807, 2.05) is 6.07 Å². The van der Waals surface area contributed by atoms with Crippen LogP contribution < -0.4 is 0 Å². The first-order valence-electron chi connectivity index (χ1n) is 2.97. The number of rotatable bonds is 0.